The predicted molar refractivity (Wildman–Crippen MR) is 126 cm³/mol. The fraction of sp³-hybridized carbons (Fsp3) is 0.154. The van der Waals surface area contributed by atoms with Crippen molar-refractivity contribution in [2.24, 2.45) is 0 Å². The number of rotatable bonds is 8. The minimum absolute atomic E-state index is 0.0420. The van der Waals surface area contributed by atoms with Gasteiger partial charge in [0.1, 0.15) is 5.82 Å². The first-order valence-corrected chi connectivity index (χ1v) is 10.5. The van der Waals surface area contributed by atoms with Crippen molar-refractivity contribution < 1.29 is 32.3 Å². The van der Waals surface area contributed by atoms with Gasteiger partial charge >= 0.3 is 6.18 Å². The summed E-state index contributed by atoms with van der Waals surface area (Å²) in [4.78, 5) is 26.6. The van der Waals surface area contributed by atoms with Gasteiger partial charge in [0.15, 0.2) is 5.78 Å². The lowest BCUT2D eigenvalue weighted by atomic mass is 10.1. The van der Waals surface area contributed by atoms with Gasteiger partial charge in [0.05, 0.1) is 12.2 Å². The second-order valence-electron chi connectivity index (χ2n) is 7.66. The summed E-state index contributed by atoms with van der Waals surface area (Å²) in [5, 5.41) is 11.4. The molecule has 2 N–H and O–H groups in total. The average Bonchev–Trinajstić information content (AvgIpc) is 2.83. The highest BCUT2D eigenvalue weighted by atomic mass is 19.4. The molecule has 0 bridgehead atoms. The largest absolute Gasteiger partial charge is 0.419 e. The molecule has 9 heteroatoms. The number of carbonyl (C=O) groups excluding carboxylic acids is 2. The van der Waals surface area contributed by atoms with Crippen molar-refractivity contribution in [1.29, 1.82) is 0 Å². The predicted octanol–water partition coefficient (Wildman–Crippen LogP) is 5.42. The van der Waals surface area contributed by atoms with E-state index in [9.17, 15) is 27.2 Å². The number of carbonyl (C=O) groups is 2. The number of anilines is 2. The normalized spacial score (nSPS) is 11.5. The molecule has 1 amide bonds. The molecule has 0 saturated carbocycles. The lowest BCUT2D eigenvalue weighted by Gasteiger charge is -2.17. The molecule has 182 valence electrons. The Morgan fingerprint density at radius 2 is 1.60 bits per heavy atom. The highest BCUT2D eigenvalue weighted by Crippen LogP contribution is 2.32. The number of allylic oxidation sites excluding steroid dienone is 1. The Kier molecular flexibility index (Phi) is 8.03. The fourth-order valence-corrected chi connectivity index (χ4v) is 3.19. The minimum Gasteiger partial charge on any atom is -0.395 e. The summed E-state index contributed by atoms with van der Waals surface area (Å²) < 4.78 is 52.0. The van der Waals surface area contributed by atoms with Crippen molar-refractivity contribution in [1.82, 2.24) is 0 Å². The molecule has 0 aliphatic carbocycles. The number of ketones is 1. The highest BCUT2D eigenvalue weighted by molar-refractivity contribution is 6.08. The van der Waals surface area contributed by atoms with Crippen molar-refractivity contribution >= 4 is 29.1 Å². The van der Waals surface area contributed by atoms with Gasteiger partial charge in [-0.15, -0.1) is 0 Å². The van der Waals surface area contributed by atoms with Crippen molar-refractivity contribution in [2.75, 3.05) is 30.4 Å². The summed E-state index contributed by atoms with van der Waals surface area (Å²) >= 11 is 0. The molecule has 0 saturated heterocycles. The number of halogens is 4. The van der Waals surface area contributed by atoms with Crippen molar-refractivity contribution in [3.8, 4) is 0 Å². The molecule has 3 aromatic carbocycles. The van der Waals surface area contributed by atoms with Gasteiger partial charge in [-0.05, 0) is 66.2 Å². The Morgan fingerprint density at radius 1 is 0.971 bits per heavy atom. The van der Waals surface area contributed by atoms with E-state index in [-0.39, 0.29) is 23.6 Å². The van der Waals surface area contributed by atoms with Crippen LogP contribution in [0.1, 0.15) is 31.8 Å². The summed E-state index contributed by atoms with van der Waals surface area (Å²) in [6, 6.07) is 15.2. The number of nitrogens with one attached hydrogen (secondary N) is 1. The number of hydrogen-bond acceptors (Lipinski definition) is 4. The Hall–Kier alpha value is -3.98. The summed E-state index contributed by atoms with van der Waals surface area (Å²) in [5.74, 6) is -2.59. The van der Waals surface area contributed by atoms with Crippen LogP contribution in [0.5, 0.6) is 0 Å². The third-order valence-corrected chi connectivity index (χ3v) is 5.16. The molecule has 0 heterocycles. The van der Waals surface area contributed by atoms with Gasteiger partial charge in [-0.3, -0.25) is 9.59 Å². The van der Waals surface area contributed by atoms with Crippen LogP contribution in [0.3, 0.4) is 0 Å². The fourth-order valence-electron chi connectivity index (χ4n) is 3.19. The minimum atomic E-state index is -4.92. The number of hydrogen-bond donors (Lipinski definition) is 2. The third kappa shape index (κ3) is 6.77. The van der Waals surface area contributed by atoms with Crippen LogP contribution in [-0.4, -0.2) is 37.0 Å². The molecular formula is C26H22F4N2O3. The zero-order chi connectivity index (χ0) is 25.6. The van der Waals surface area contributed by atoms with Crippen LogP contribution in [0, 0.1) is 5.82 Å². The van der Waals surface area contributed by atoms with E-state index in [0.29, 0.717) is 24.2 Å². The monoisotopic (exact) mass is 486 g/mol. The first kappa shape index (κ1) is 25.6. The summed E-state index contributed by atoms with van der Waals surface area (Å²) in [5.41, 5.74) is 0.465. The molecule has 3 rings (SSSR count). The second kappa shape index (κ2) is 11.0. The number of likely N-dealkylation sites (N-methyl/N-ethyl adjacent to an activating group) is 1. The molecule has 0 aromatic heterocycles. The quantitative estimate of drug-likeness (QED) is 0.253. The molecule has 0 aliphatic heterocycles. The Morgan fingerprint density at radius 3 is 2.20 bits per heavy atom. The molecule has 35 heavy (non-hydrogen) atoms. The summed E-state index contributed by atoms with van der Waals surface area (Å²) in [7, 11) is 1.86. The van der Waals surface area contributed by atoms with Gasteiger partial charge in [-0.25, -0.2) is 4.39 Å². The van der Waals surface area contributed by atoms with E-state index in [1.807, 2.05) is 36.2 Å². The number of amides is 1. The molecule has 5 nitrogen and oxygen atoms in total. The second-order valence-corrected chi connectivity index (χ2v) is 7.66. The van der Waals surface area contributed by atoms with Crippen LogP contribution in [0.2, 0.25) is 0 Å². The lowest BCUT2D eigenvalue weighted by Crippen LogP contribution is -2.20. The molecular weight excluding hydrogens is 464 g/mol. The molecule has 0 radical (unpaired) electrons. The van der Waals surface area contributed by atoms with E-state index < -0.39 is 23.5 Å². The standard InChI is InChI=1S/C26H22F4N2O3/c1-32(14-15-33)21-10-2-17(3-11-21)4-13-24(34)18-5-8-20(9-6-18)31-25(35)19-7-12-23(27)22(16-19)26(28,29)30/h2-13,16,33H,14-15H2,1H3,(H,31,35)/b13-4+. The van der Waals surface area contributed by atoms with E-state index in [0.717, 1.165) is 17.3 Å². The SMILES string of the molecule is CN(CCO)c1ccc(/C=C/C(=O)c2ccc(NC(=O)c3ccc(F)c(C(F)(F)F)c3)cc2)cc1. The maximum Gasteiger partial charge on any atom is 0.419 e. The topological polar surface area (TPSA) is 69.6 Å². The van der Waals surface area contributed by atoms with Crippen molar-refractivity contribution in [2.45, 2.75) is 6.18 Å². The van der Waals surface area contributed by atoms with Crippen LogP contribution in [0.4, 0.5) is 28.9 Å². The number of nitrogens with zero attached hydrogens (tertiary/aromatic N) is 1. The average molecular weight is 486 g/mol. The number of benzene rings is 3. The Labute approximate surface area is 199 Å². The molecule has 0 unspecified atom stereocenters. The maximum absolute atomic E-state index is 13.4. The zero-order valence-electron chi connectivity index (χ0n) is 18.6. The van der Waals surface area contributed by atoms with E-state index in [1.54, 1.807) is 6.08 Å². The van der Waals surface area contributed by atoms with E-state index in [1.165, 1.54) is 30.3 Å². The van der Waals surface area contributed by atoms with E-state index >= 15 is 0 Å². The lowest BCUT2D eigenvalue weighted by molar-refractivity contribution is -0.140. The third-order valence-electron chi connectivity index (χ3n) is 5.16. The highest BCUT2D eigenvalue weighted by Gasteiger charge is 2.34. The smallest absolute Gasteiger partial charge is 0.395 e. The van der Waals surface area contributed by atoms with Crippen LogP contribution >= 0.6 is 0 Å². The van der Waals surface area contributed by atoms with Gasteiger partial charge in [-0.1, -0.05) is 18.2 Å². The van der Waals surface area contributed by atoms with E-state index in [2.05, 4.69) is 5.32 Å². The van der Waals surface area contributed by atoms with Crippen LogP contribution < -0.4 is 10.2 Å². The van der Waals surface area contributed by atoms with Crippen LogP contribution in [0.15, 0.2) is 72.8 Å². The van der Waals surface area contributed by atoms with Crippen LogP contribution in [0.25, 0.3) is 6.08 Å². The first-order chi connectivity index (χ1) is 16.6. The molecule has 3 aromatic rings. The van der Waals surface area contributed by atoms with Gasteiger partial charge < -0.3 is 15.3 Å². The van der Waals surface area contributed by atoms with Crippen molar-refractivity contribution in [3.05, 3.63) is 101 Å². The number of aliphatic hydroxyl groups excluding tert-OH is 1. The Balaban J connectivity index is 1.63. The van der Waals surface area contributed by atoms with E-state index in [4.69, 9.17) is 5.11 Å². The summed E-state index contributed by atoms with van der Waals surface area (Å²) in [6.07, 6.45) is -1.87. The number of aliphatic hydroxyl groups is 1. The van der Waals surface area contributed by atoms with Crippen LogP contribution in [-0.2, 0) is 6.18 Å². The van der Waals surface area contributed by atoms with Gasteiger partial charge in [0.2, 0.25) is 0 Å². The Bertz CT molecular complexity index is 1220. The summed E-state index contributed by atoms with van der Waals surface area (Å²) in [6.45, 7) is 0.545. The van der Waals surface area contributed by atoms with Gasteiger partial charge in [0.25, 0.3) is 5.91 Å². The molecule has 0 fully saturated rings. The number of alkyl halides is 3. The zero-order valence-corrected chi connectivity index (χ0v) is 18.6. The maximum atomic E-state index is 13.4. The molecule has 0 atom stereocenters. The van der Waals surface area contributed by atoms with Crippen molar-refractivity contribution in [3.63, 3.8) is 0 Å². The molecule has 0 spiro atoms. The first-order valence-electron chi connectivity index (χ1n) is 10.5. The van der Waals surface area contributed by atoms with Gasteiger partial charge in [0, 0.05) is 36.1 Å². The van der Waals surface area contributed by atoms with Gasteiger partial charge in [-0.2, -0.15) is 13.2 Å². The molecule has 0 aliphatic rings.